The van der Waals surface area contributed by atoms with Crippen molar-refractivity contribution in [1.29, 1.82) is 0 Å². The van der Waals surface area contributed by atoms with E-state index in [1.165, 1.54) is 0 Å². The minimum Gasteiger partial charge on any atom is -0.393 e. The van der Waals surface area contributed by atoms with Gasteiger partial charge in [-0.05, 0) is 31.4 Å². The van der Waals surface area contributed by atoms with Crippen LogP contribution in [0.4, 0.5) is 17.6 Å². The average molecular weight is 348 g/mol. The van der Waals surface area contributed by atoms with E-state index in [1.807, 2.05) is 42.5 Å². The van der Waals surface area contributed by atoms with Crippen LogP contribution < -0.4 is 10.6 Å². The van der Waals surface area contributed by atoms with Crippen molar-refractivity contribution in [3.63, 3.8) is 0 Å². The third-order valence-corrected chi connectivity index (χ3v) is 4.34. The van der Waals surface area contributed by atoms with Gasteiger partial charge in [-0.3, -0.25) is 4.98 Å². The smallest absolute Gasteiger partial charge is 0.232 e. The number of aromatic nitrogens is 4. The summed E-state index contributed by atoms with van der Waals surface area (Å²) in [6.45, 7) is 0. The SMILES string of the molecule is O[C@H]1CC[C@@H](Nc2nc(Nc3ccncc3)nc(-c3ccccc3)n2)C1. The van der Waals surface area contributed by atoms with Gasteiger partial charge in [0.25, 0.3) is 0 Å². The Balaban J connectivity index is 1.65. The molecule has 3 N–H and O–H groups in total. The minimum atomic E-state index is -0.252. The van der Waals surface area contributed by atoms with E-state index in [0.29, 0.717) is 24.1 Å². The lowest BCUT2D eigenvalue weighted by Crippen LogP contribution is -2.19. The van der Waals surface area contributed by atoms with Gasteiger partial charge in [-0.2, -0.15) is 15.0 Å². The predicted octanol–water partition coefficient (Wildman–Crippen LogP) is 3.00. The summed E-state index contributed by atoms with van der Waals surface area (Å²) >= 11 is 0. The van der Waals surface area contributed by atoms with Crippen molar-refractivity contribution in [2.75, 3.05) is 10.6 Å². The zero-order valence-corrected chi connectivity index (χ0v) is 14.2. The van der Waals surface area contributed by atoms with Crippen LogP contribution in [-0.4, -0.2) is 37.2 Å². The highest BCUT2D eigenvalue weighted by Gasteiger charge is 2.23. The average Bonchev–Trinajstić information content (AvgIpc) is 3.08. The van der Waals surface area contributed by atoms with Crippen LogP contribution in [0.3, 0.4) is 0 Å². The molecule has 132 valence electrons. The maximum Gasteiger partial charge on any atom is 0.232 e. The number of aliphatic hydroxyl groups is 1. The van der Waals surface area contributed by atoms with Gasteiger partial charge in [0.2, 0.25) is 11.9 Å². The largest absolute Gasteiger partial charge is 0.393 e. The Bertz CT molecular complexity index is 858. The molecule has 26 heavy (non-hydrogen) atoms. The van der Waals surface area contributed by atoms with Crippen molar-refractivity contribution in [1.82, 2.24) is 19.9 Å². The second-order valence-corrected chi connectivity index (χ2v) is 6.34. The number of hydrogen-bond acceptors (Lipinski definition) is 7. The molecule has 2 heterocycles. The summed E-state index contributed by atoms with van der Waals surface area (Å²) in [6.07, 6.45) is 5.58. The molecular weight excluding hydrogens is 328 g/mol. The highest BCUT2D eigenvalue weighted by atomic mass is 16.3. The number of anilines is 3. The summed E-state index contributed by atoms with van der Waals surface area (Å²) in [4.78, 5) is 17.6. The molecule has 7 nitrogen and oxygen atoms in total. The van der Waals surface area contributed by atoms with Crippen molar-refractivity contribution in [3.8, 4) is 11.4 Å². The van der Waals surface area contributed by atoms with Crippen LogP contribution in [0.5, 0.6) is 0 Å². The first-order valence-electron chi connectivity index (χ1n) is 8.69. The van der Waals surface area contributed by atoms with Gasteiger partial charge in [0.05, 0.1) is 6.10 Å². The molecule has 2 aromatic heterocycles. The molecule has 7 heteroatoms. The molecule has 0 saturated heterocycles. The van der Waals surface area contributed by atoms with E-state index in [-0.39, 0.29) is 12.1 Å². The van der Waals surface area contributed by atoms with Crippen molar-refractivity contribution in [2.24, 2.45) is 0 Å². The lowest BCUT2D eigenvalue weighted by atomic mass is 10.2. The molecule has 1 saturated carbocycles. The molecule has 0 amide bonds. The van der Waals surface area contributed by atoms with Gasteiger partial charge in [0, 0.05) is 29.7 Å². The highest BCUT2D eigenvalue weighted by Crippen LogP contribution is 2.24. The molecule has 0 aliphatic heterocycles. The number of nitrogens with one attached hydrogen (secondary N) is 2. The normalized spacial score (nSPS) is 19.3. The highest BCUT2D eigenvalue weighted by molar-refractivity contribution is 5.60. The van der Waals surface area contributed by atoms with E-state index in [1.54, 1.807) is 12.4 Å². The fourth-order valence-electron chi connectivity index (χ4n) is 3.05. The van der Waals surface area contributed by atoms with E-state index in [2.05, 4.69) is 30.6 Å². The van der Waals surface area contributed by atoms with Crippen LogP contribution in [0.15, 0.2) is 54.9 Å². The Kier molecular flexibility index (Phi) is 4.70. The summed E-state index contributed by atoms with van der Waals surface area (Å²) in [5.41, 5.74) is 1.77. The Labute approximate surface area is 151 Å². The zero-order valence-electron chi connectivity index (χ0n) is 14.2. The van der Waals surface area contributed by atoms with Gasteiger partial charge >= 0.3 is 0 Å². The molecule has 0 spiro atoms. The number of pyridine rings is 1. The Morgan fingerprint density at radius 2 is 1.65 bits per heavy atom. The number of hydrogen-bond donors (Lipinski definition) is 3. The van der Waals surface area contributed by atoms with Crippen LogP contribution >= 0.6 is 0 Å². The fourth-order valence-corrected chi connectivity index (χ4v) is 3.05. The van der Waals surface area contributed by atoms with Crippen LogP contribution in [-0.2, 0) is 0 Å². The van der Waals surface area contributed by atoms with Gasteiger partial charge in [-0.15, -0.1) is 0 Å². The Morgan fingerprint density at radius 1 is 0.885 bits per heavy atom. The van der Waals surface area contributed by atoms with Crippen molar-refractivity contribution < 1.29 is 5.11 Å². The van der Waals surface area contributed by atoms with E-state index in [4.69, 9.17) is 0 Å². The van der Waals surface area contributed by atoms with Crippen LogP contribution in [0.2, 0.25) is 0 Å². The molecule has 3 aromatic rings. The van der Waals surface area contributed by atoms with E-state index < -0.39 is 0 Å². The summed E-state index contributed by atoms with van der Waals surface area (Å²) < 4.78 is 0. The van der Waals surface area contributed by atoms with E-state index in [0.717, 1.165) is 24.1 Å². The fraction of sp³-hybridized carbons (Fsp3) is 0.263. The maximum atomic E-state index is 9.75. The molecule has 1 fully saturated rings. The first kappa shape index (κ1) is 16.4. The van der Waals surface area contributed by atoms with Crippen molar-refractivity contribution in [2.45, 2.75) is 31.4 Å². The molecule has 4 rings (SSSR count). The van der Waals surface area contributed by atoms with Crippen molar-refractivity contribution in [3.05, 3.63) is 54.9 Å². The van der Waals surface area contributed by atoms with Crippen LogP contribution in [0.25, 0.3) is 11.4 Å². The number of rotatable bonds is 5. The Morgan fingerprint density at radius 3 is 2.38 bits per heavy atom. The van der Waals surface area contributed by atoms with Crippen molar-refractivity contribution >= 4 is 17.6 Å². The summed E-state index contributed by atoms with van der Waals surface area (Å²) in [5.74, 6) is 1.57. The molecule has 2 atom stereocenters. The minimum absolute atomic E-state index is 0.171. The Hall–Kier alpha value is -3.06. The lowest BCUT2D eigenvalue weighted by molar-refractivity contribution is 0.182. The van der Waals surface area contributed by atoms with Crippen LogP contribution in [0, 0.1) is 0 Å². The second-order valence-electron chi connectivity index (χ2n) is 6.34. The summed E-state index contributed by atoms with van der Waals surface area (Å²) in [5, 5.41) is 16.3. The summed E-state index contributed by atoms with van der Waals surface area (Å²) in [6, 6.07) is 13.7. The van der Waals surface area contributed by atoms with Gasteiger partial charge in [0.15, 0.2) is 5.82 Å². The molecule has 1 aliphatic rings. The number of aliphatic hydroxyl groups excluding tert-OH is 1. The molecule has 0 bridgehead atoms. The summed E-state index contributed by atoms with van der Waals surface area (Å²) in [7, 11) is 0. The van der Waals surface area contributed by atoms with E-state index in [9.17, 15) is 5.11 Å². The van der Waals surface area contributed by atoms with Gasteiger partial charge in [-0.1, -0.05) is 30.3 Å². The van der Waals surface area contributed by atoms with Crippen LogP contribution in [0.1, 0.15) is 19.3 Å². The van der Waals surface area contributed by atoms with Gasteiger partial charge in [0.1, 0.15) is 0 Å². The molecule has 0 radical (unpaired) electrons. The third-order valence-electron chi connectivity index (χ3n) is 4.34. The second kappa shape index (κ2) is 7.45. The van der Waals surface area contributed by atoms with Gasteiger partial charge < -0.3 is 15.7 Å². The van der Waals surface area contributed by atoms with Gasteiger partial charge in [-0.25, -0.2) is 0 Å². The lowest BCUT2D eigenvalue weighted by Gasteiger charge is -2.14. The number of nitrogens with zero attached hydrogens (tertiary/aromatic N) is 4. The topological polar surface area (TPSA) is 95.8 Å². The molecule has 1 aromatic carbocycles. The molecular formula is C19H20N6O. The zero-order chi connectivity index (χ0) is 17.8. The first-order valence-corrected chi connectivity index (χ1v) is 8.69. The molecule has 1 aliphatic carbocycles. The van der Waals surface area contributed by atoms with E-state index >= 15 is 0 Å². The quantitative estimate of drug-likeness (QED) is 0.652. The predicted molar refractivity (Wildman–Crippen MR) is 100 cm³/mol. The third kappa shape index (κ3) is 3.94. The monoisotopic (exact) mass is 348 g/mol. The maximum absolute atomic E-state index is 9.75. The molecule has 0 unspecified atom stereocenters. The first-order chi connectivity index (χ1) is 12.8. The number of benzene rings is 1. The standard InChI is InChI=1S/C19H20N6O/c26-16-7-6-15(12-16)22-19-24-17(13-4-2-1-3-5-13)23-18(25-19)21-14-8-10-20-11-9-14/h1-5,8-11,15-16,26H,6-7,12H2,(H2,20,21,22,23,24,25)/t15-,16+/m1/s1.